The van der Waals surface area contributed by atoms with Crippen molar-refractivity contribution in [2.75, 3.05) is 5.75 Å². The third-order valence-electron chi connectivity index (χ3n) is 5.65. The molecule has 0 aliphatic rings. The highest BCUT2D eigenvalue weighted by Gasteiger charge is 2.32. The number of hydrogen-bond donors (Lipinski definition) is 1. The van der Waals surface area contributed by atoms with Gasteiger partial charge in [0, 0.05) is 29.3 Å². The molecule has 6 heteroatoms. The van der Waals surface area contributed by atoms with Crippen LogP contribution in [-0.2, 0) is 28.3 Å². The quantitative estimate of drug-likeness (QED) is 0.333. The van der Waals surface area contributed by atoms with Crippen LogP contribution in [0.1, 0.15) is 43.0 Å². The fraction of sp³-hybridized carbons (Fsp3) is 0.333. The second kappa shape index (κ2) is 13.0. The summed E-state index contributed by atoms with van der Waals surface area (Å²) in [5, 5.41) is 3.73. The maximum absolute atomic E-state index is 13.7. The van der Waals surface area contributed by atoms with Crippen LogP contribution in [0.3, 0.4) is 0 Å². The molecule has 0 bridgehead atoms. The van der Waals surface area contributed by atoms with Gasteiger partial charge in [0.15, 0.2) is 0 Å². The topological polar surface area (TPSA) is 49.4 Å². The van der Waals surface area contributed by atoms with Crippen molar-refractivity contribution < 1.29 is 9.59 Å². The highest BCUT2D eigenvalue weighted by Crippen LogP contribution is 2.20. The number of nitrogens with one attached hydrogen (secondary N) is 1. The summed E-state index contributed by atoms with van der Waals surface area (Å²) < 4.78 is 0. The summed E-state index contributed by atoms with van der Waals surface area (Å²) in [5.41, 5.74) is 3.91. The number of benzene rings is 3. The normalized spacial score (nSPS) is 12.1. The fourth-order valence-corrected chi connectivity index (χ4v) is 4.81. The molecule has 0 heterocycles. The Morgan fingerprint density at radius 1 is 0.889 bits per heavy atom. The van der Waals surface area contributed by atoms with E-state index >= 15 is 0 Å². The van der Waals surface area contributed by atoms with Crippen LogP contribution in [0.2, 0.25) is 5.02 Å². The number of carbonyl (C=O) groups excluding carboxylic acids is 2. The van der Waals surface area contributed by atoms with E-state index in [1.807, 2.05) is 75.4 Å². The Balaban J connectivity index is 1.85. The van der Waals surface area contributed by atoms with Crippen LogP contribution in [0.4, 0.5) is 0 Å². The number of rotatable bonds is 10. The first kappa shape index (κ1) is 27.8. The first-order valence-corrected chi connectivity index (χ1v) is 13.7. The number of aryl methyl sites for hydroxylation is 1. The summed E-state index contributed by atoms with van der Waals surface area (Å²) in [4.78, 5) is 28.9. The molecular weight excluding hydrogens is 488 g/mol. The average Bonchev–Trinajstić information content (AvgIpc) is 2.83. The molecule has 0 aromatic heterocycles. The van der Waals surface area contributed by atoms with E-state index in [0.29, 0.717) is 18.0 Å². The first-order chi connectivity index (χ1) is 17.1. The van der Waals surface area contributed by atoms with Crippen LogP contribution in [0, 0.1) is 6.92 Å². The minimum Gasteiger partial charge on any atom is -0.350 e. The van der Waals surface area contributed by atoms with E-state index in [-0.39, 0.29) is 17.6 Å². The Morgan fingerprint density at radius 3 is 2.11 bits per heavy atom. The molecule has 1 N–H and O–H groups in total. The second-order valence-corrected chi connectivity index (χ2v) is 11.5. The Kier molecular flexibility index (Phi) is 10.0. The zero-order valence-corrected chi connectivity index (χ0v) is 23.0. The third kappa shape index (κ3) is 9.03. The number of halogens is 1. The summed E-state index contributed by atoms with van der Waals surface area (Å²) in [6.45, 7) is 8.24. The lowest BCUT2D eigenvalue weighted by Gasteiger charge is -2.34. The van der Waals surface area contributed by atoms with Gasteiger partial charge in [0.2, 0.25) is 11.8 Å². The zero-order valence-electron chi connectivity index (χ0n) is 21.5. The van der Waals surface area contributed by atoms with E-state index in [2.05, 4.69) is 36.5 Å². The fourth-order valence-electron chi connectivity index (χ4n) is 3.82. The van der Waals surface area contributed by atoms with Crippen molar-refractivity contribution in [3.63, 3.8) is 0 Å². The molecule has 0 unspecified atom stereocenters. The molecule has 3 aromatic rings. The van der Waals surface area contributed by atoms with Gasteiger partial charge in [-0.3, -0.25) is 9.59 Å². The molecule has 0 saturated heterocycles. The van der Waals surface area contributed by atoms with Crippen molar-refractivity contribution in [3.8, 4) is 0 Å². The Labute approximate surface area is 224 Å². The van der Waals surface area contributed by atoms with Crippen LogP contribution in [0.5, 0.6) is 0 Å². The molecule has 36 heavy (non-hydrogen) atoms. The number of thioether (sulfide) groups is 1. The molecule has 3 rings (SSSR count). The molecule has 0 fully saturated rings. The molecular formula is C30H35ClN2O2S. The third-order valence-corrected chi connectivity index (χ3v) is 6.89. The zero-order chi connectivity index (χ0) is 26.1. The van der Waals surface area contributed by atoms with E-state index in [4.69, 9.17) is 11.6 Å². The molecule has 4 nitrogen and oxygen atoms in total. The predicted molar refractivity (Wildman–Crippen MR) is 151 cm³/mol. The lowest BCUT2D eigenvalue weighted by Crippen LogP contribution is -2.54. The highest BCUT2D eigenvalue weighted by atomic mass is 35.5. The smallest absolute Gasteiger partial charge is 0.243 e. The van der Waals surface area contributed by atoms with Crippen molar-refractivity contribution in [1.29, 1.82) is 0 Å². The van der Waals surface area contributed by atoms with Crippen LogP contribution in [0.15, 0.2) is 78.9 Å². The van der Waals surface area contributed by atoms with Gasteiger partial charge in [0.1, 0.15) is 6.04 Å². The van der Waals surface area contributed by atoms with E-state index < -0.39 is 11.6 Å². The van der Waals surface area contributed by atoms with E-state index in [9.17, 15) is 9.59 Å². The van der Waals surface area contributed by atoms with Gasteiger partial charge in [-0.15, -0.1) is 11.8 Å². The number of carbonyl (C=O) groups is 2. The van der Waals surface area contributed by atoms with Crippen LogP contribution in [-0.4, -0.2) is 34.0 Å². The largest absolute Gasteiger partial charge is 0.350 e. The van der Waals surface area contributed by atoms with Gasteiger partial charge in [-0.05, 0) is 56.5 Å². The molecule has 190 valence electrons. The predicted octanol–water partition coefficient (Wildman–Crippen LogP) is 6.44. The molecule has 0 saturated carbocycles. The average molecular weight is 523 g/mol. The highest BCUT2D eigenvalue weighted by molar-refractivity contribution is 7.99. The lowest BCUT2D eigenvalue weighted by molar-refractivity contribution is -0.140. The standard InChI is InChI=1S/C30H35ClN2O2S/c1-22-10-12-25(13-11-22)20-36-21-28(34)33(19-24-14-16-26(31)17-15-24)27(29(35)32-30(2,3)4)18-23-8-6-5-7-9-23/h5-17,27H,18-21H2,1-4H3,(H,32,35)/t27-/m0/s1. The molecule has 3 aromatic carbocycles. The molecule has 0 spiro atoms. The Hall–Kier alpha value is -2.76. The van der Waals surface area contributed by atoms with Crippen molar-refractivity contribution in [3.05, 3.63) is 106 Å². The SMILES string of the molecule is Cc1ccc(CSCC(=O)N(Cc2ccc(Cl)cc2)[C@@H](Cc2ccccc2)C(=O)NC(C)(C)C)cc1. The van der Waals surface area contributed by atoms with Crippen molar-refractivity contribution in [1.82, 2.24) is 10.2 Å². The van der Waals surface area contributed by atoms with E-state index in [1.54, 1.807) is 16.7 Å². The monoisotopic (exact) mass is 522 g/mol. The minimum absolute atomic E-state index is 0.0629. The molecule has 1 atom stereocenters. The first-order valence-electron chi connectivity index (χ1n) is 12.1. The second-order valence-electron chi connectivity index (χ2n) is 10.1. The molecule has 0 radical (unpaired) electrons. The van der Waals surface area contributed by atoms with Crippen LogP contribution >= 0.6 is 23.4 Å². The van der Waals surface area contributed by atoms with Crippen LogP contribution < -0.4 is 5.32 Å². The van der Waals surface area contributed by atoms with Gasteiger partial charge in [-0.25, -0.2) is 0 Å². The molecule has 0 aliphatic heterocycles. The molecule has 0 aliphatic carbocycles. The van der Waals surface area contributed by atoms with Crippen molar-refractivity contribution >= 4 is 35.2 Å². The van der Waals surface area contributed by atoms with Gasteiger partial charge in [-0.1, -0.05) is 83.9 Å². The van der Waals surface area contributed by atoms with Crippen LogP contribution in [0.25, 0.3) is 0 Å². The van der Waals surface area contributed by atoms with Gasteiger partial charge >= 0.3 is 0 Å². The lowest BCUT2D eigenvalue weighted by atomic mass is 10.0. The van der Waals surface area contributed by atoms with E-state index in [0.717, 1.165) is 16.9 Å². The summed E-state index contributed by atoms with van der Waals surface area (Å²) in [5.74, 6) is 0.803. The Morgan fingerprint density at radius 2 is 1.50 bits per heavy atom. The van der Waals surface area contributed by atoms with Gasteiger partial charge < -0.3 is 10.2 Å². The molecule has 2 amide bonds. The van der Waals surface area contributed by atoms with Crippen molar-refractivity contribution in [2.24, 2.45) is 0 Å². The van der Waals surface area contributed by atoms with E-state index in [1.165, 1.54) is 11.1 Å². The maximum atomic E-state index is 13.7. The summed E-state index contributed by atoms with van der Waals surface area (Å²) in [7, 11) is 0. The summed E-state index contributed by atoms with van der Waals surface area (Å²) in [6, 6.07) is 25.0. The van der Waals surface area contributed by atoms with Gasteiger partial charge in [0.25, 0.3) is 0 Å². The van der Waals surface area contributed by atoms with Gasteiger partial charge in [-0.2, -0.15) is 0 Å². The Bertz CT molecular complexity index is 1130. The summed E-state index contributed by atoms with van der Waals surface area (Å²) >= 11 is 7.66. The maximum Gasteiger partial charge on any atom is 0.243 e. The van der Waals surface area contributed by atoms with Crippen molar-refractivity contribution in [2.45, 2.75) is 58.0 Å². The number of amides is 2. The summed E-state index contributed by atoms with van der Waals surface area (Å²) in [6.07, 6.45) is 0.435. The minimum atomic E-state index is -0.644. The number of nitrogens with zero attached hydrogens (tertiary/aromatic N) is 1. The van der Waals surface area contributed by atoms with Gasteiger partial charge in [0.05, 0.1) is 5.75 Å². The number of hydrogen-bond acceptors (Lipinski definition) is 3.